The van der Waals surface area contributed by atoms with Gasteiger partial charge in [-0.15, -0.1) is 0 Å². The molecule has 0 radical (unpaired) electrons. The predicted octanol–water partition coefficient (Wildman–Crippen LogP) is 2.36. The van der Waals surface area contributed by atoms with Crippen molar-refractivity contribution in [2.45, 2.75) is 38.1 Å². The van der Waals surface area contributed by atoms with Crippen LogP contribution in [0.1, 0.15) is 32.3 Å². The molecule has 6 heteroatoms. The first kappa shape index (κ1) is 16.4. The lowest BCUT2D eigenvalue weighted by Gasteiger charge is -2.17. The average Bonchev–Trinajstić information content (AvgIpc) is 2.88. The molecule has 0 spiro atoms. The molecule has 1 N–H and O–H groups in total. The predicted molar refractivity (Wildman–Crippen MR) is 80.9 cm³/mol. The third kappa shape index (κ3) is 3.81. The molecule has 0 bridgehead atoms. The van der Waals surface area contributed by atoms with E-state index in [9.17, 15) is 12.8 Å². The maximum absolute atomic E-state index is 14.0. The van der Waals surface area contributed by atoms with Gasteiger partial charge in [0.05, 0.1) is 0 Å². The second-order valence-corrected chi connectivity index (χ2v) is 7.60. The molecule has 0 saturated carbocycles. The summed E-state index contributed by atoms with van der Waals surface area (Å²) in [4.78, 5) is -0.201. The topological polar surface area (TPSA) is 49.4 Å². The minimum absolute atomic E-state index is 0.201. The average molecular weight is 314 g/mol. The largest absolute Gasteiger partial charge is 0.313 e. The summed E-state index contributed by atoms with van der Waals surface area (Å²) >= 11 is 0. The van der Waals surface area contributed by atoms with E-state index in [2.05, 4.69) is 12.2 Å². The van der Waals surface area contributed by atoms with E-state index >= 15 is 0 Å². The van der Waals surface area contributed by atoms with E-state index in [1.54, 1.807) is 6.07 Å². The second kappa shape index (κ2) is 6.85. The lowest BCUT2D eigenvalue weighted by atomic mass is 10.2. The van der Waals surface area contributed by atoms with Crippen molar-refractivity contribution in [3.63, 3.8) is 0 Å². The molecule has 1 aliphatic heterocycles. The van der Waals surface area contributed by atoms with Crippen LogP contribution in [0.4, 0.5) is 4.39 Å². The van der Waals surface area contributed by atoms with Crippen molar-refractivity contribution < 1.29 is 12.8 Å². The summed E-state index contributed by atoms with van der Waals surface area (Å²) in [7, 11) is -3.72. The van der Waals surface area contributed by atoms with Crippen LogP contribution in [0.5, 0.6) is 0 Å². The minimum Gasteiger partial charge on any atom is -0.313 e. The van der Waals surface area contributed by atoms with Gasteiger partial charge in [0.2, 0.25) is 10.0 Å². The zero-order chi connectivity index (χ0) is 15.5. The minimum atomic E-state index is -3.72. The summed E-state index contributed by atoms with van der Waals surface area (Å²) in [6.07, 6.45) is 1.83. The van der Waals surface area contributed by atoms with Crippen molar-refractivity contribution in [1.82, 2.24) is 9.62 Å². The number of benzene rings is 1. The smallest absolute Gasteiger partial charge is 0.246 e. The number of nitrogens with zero attached hydrogens (tertiary/aromatic N) is 1. The number of hydrogen-bond donors (Lipinski definition) is 1. The summed E-state index contributed by atoms with van der Waals surface area (Å²) in [5.41, 5.74) is 0.788. The van der Waals surface area contributed by atoms with Gasteiger partial charge >= 0.3 is 0 Å². The molecular formula is C15H23FN2O2S. The van der Waals surface area contributed by atoms with E-state index in [-0.39, 0.29) is 4.90 Å². The van der Waals surface area contributed by atoms with Crippen LogP contribution < -0.4 is 5.32 Å². The van der Waals surface area contributed by atoms with E-state index in [4.69, 9.17) is 0 Å². The van der Waals surface area contributed by atoms with E-state index in [0.717, 1.165) is 24.9 Å². The molecule has 0 amide bonds. The highest BCUT2D eigenvalue weighted by molar-refractivity contribution is 7.89. The Bertz CT molecular complexity index is 589. The highest BCUT2D eigenvalue weighted by atomic mass is 32.2. The van der Waals surface area contributed by atoms with Crippen molar-refractivity contribution in [2.75, 3.05) is 19.6 Å². The maximum atomic E-state index is 14.0. The molecule has 21 heavy (non-hydrogen) atoms. The Kier molecular flexibility index (Phi) is 5.35. The van der Waals surface area contributed by atoms with E-state index in [1.165, 1.54) is 16.4 Å². The molecule has 1 saturated heterocycles. The van der Waals surface area contributed by atoms with E-state index in [1.807, 2.05) is 6.92 Å². The zero-order valence-electron chi connectivity index (χ0n) is 12.6. The SMILES string of the molecule is CCCNCc1ccc(F)c(S(=O)(=O)N2CCC(C)C2)c1. The first-order chi connectivity index (χ1) is 9.95. The molecule has 1 atom stereocenters. The summed E-state index contributed by atoms with van der Waals surface area (Å²) in [5, 5.41) is 3.20. The molecule has 1 aromatic carbocycles. The van der Waals surface area contributed by atoms with Crippen molar-refractivity contribution in [3.8, 4) is 0 Å². The Morgan fingerprint density at radius 2 is 2.19 bits per heavy atom. The molecule has 1 aromatic rings. The second-order valence-electron chi connectivity index (χ2n) is 5.70. The Morgan fingerprint density at radius 1 is 1.43 bits per heavy atom. The van der Waals surface area contributed by atoms with Gasteiger partial charge in [-0.1, -0.05) is 19.9 Å². The molecule has 2 rings (SSSR count). The molecule has 1 heterocycles. The lowest BCUT2D eigenvalue weighted by molar-refractivity contribution is 0.457. The van der Waals surface area contributed by atoms with Crippen LogP contribution in [0.25, 0.3) is 0 Å². The van der Waals surface area contributed by atoms with Crippen LogP contribution in [0.15, 0.2) is 23.1 Å². The number of halogens is 1. The zero-order valence-corrected chi connectivity index (χ0v) is 13.4. The van der Waals surface area contributed by atoms with Gasteiger partial charge in [0.15, 0.2) is 0 Å². The number of sulfonamides is 1. The molecular weight excluding hydrogens is 291 g/mol. The fraction of sp³-hybridized carbons (Fsp3) is 0.600. The van der Waals surface area contributed by atoms with Crippen molar-refractivity contribution in [3.05, 3.63) is 29.6 Å². The molecule has 118 valence electrons. The third-order valence-corrected chi connectivity index (χ3v) is 5.64. The summed E-state index contributed by atoms with van der Waals surface area (Å²) in [5.74, 6) is -0.342. The fourth-order valence-electron chi connectivity index (χ4n) is 2.52. The monoisotopic (exact) mass is 314 g/mol. The Labute approximate surface area is 126 Å². The van der Waals surface area contributed by atoms with Crippen LogP contribution in [0.2, 0.25) is 0 Å². The van der Waals surface area contributed by atoms with Gasteiger partial charge in [-0.25, -0.2) is 12.8 Å². The number of rotatable bonds is 6. The Hall–Kier alpha value is -0.980. The summed E-state index contributed by atoms with van der Waals surface area (Å²) in [6.45, 7) is 6.41. The fourth-order valence-corrected chi connectivity index (χ4v) is 4.21. The van der Waals surface area contributed by atoms with Gasteiger partial charge in [0.1, 0.15) is 10.7 Å². The third-order valence-electron chi connectivity index (χ3n) is 3.76. The number of nitrogens with one attached hydrogen (secondary N) is 1. The first-order valence-corrected chi connectivity index (χ1v) is 8.88. The van der Waals surface area contributed by atoms with Gasteiger partial charge in [-0.2, -0.15) is 4.31 Å². The van der Waals surface area contributed by atoms with E-state index in [0.29, 0.717) is 25.6 Å². The van der Waals surface area contributed by atoms with Crippen LogP contribution >= 0.6 is 0 Å². The van der Waals surface area contributed by atoms with Crippen molar-refractivity contribution in [2.24, 2.45) is 5.92 Å². The summed E-state index contributed by atoms with van der Waals surface area (Å²) in [6, 6.07) is 4.33. The summed E-state index contributed by atoms with van der Waals surface area (Å²) < 4.78 is 40.5. The first-order valence-electron chi connectivity index (χ1n) is 7.44. The van der Waals surface area contributed by atoms with Gasteiger partial charge < -0.3 is 5.32 Å². The van der Waals surface area contributed by atoms with E-state index < -0.39 is 15.8 Å². The molecule has 1 fully saturated rings. The van der Waals surface area contributed by atoms with Crippen LogP contribution in [-0.2, 0) is 16.6 Å². The van der Waals surface area contributed by atoms with Crippen LogP contribution in [-0.4, -0.2) is 32.4 Å². The molecule has 1 aliphatic rings. The van der Waals surface area contributed by atoms with Crippen LogP contribution in [0, 0.1) is 11.7 Å². The lowest BCUT2D eigenvalue weighted by Crippen LogP contribution is -2.29. The molecule has 4 nitrogen and oxygen atoms in total. The maximum Gasteiger partial charge on any atom is 0.246 e. The van der Waals surface area contributed by atoms with Crippen LogP contribution in [0.3, 0.4) is 0 Å². The quantitative estimate of drug-likeness (QED) is 0.820. The molecule has 1 unspecified atom stereocenters. The highest BCUT2D eigenvalue weighted by Gasteiger charge is 2.32. The normalized spacial score (nSPS) is 20.0. The highest BCUT2D eigenvalue weighted by Crippen LogP contribution is 2.26. The Balaban J connectivity index is 2.23. The molecule has 0 aromatic heterocycles. The van der Waals surface area contributed by atoms with Gasteiger partial charge in [-0.05, 0) is 43.0 Å². The van der Waals surface area contributed by atoms with Gasteiger partial charge in [0.25, 0.3) is 0 Å². The number of hydrogen-bond acceptors (Lipinski definition) is 3. The van der Waals surface area contributed by atoms with Gasteiger partial charge in [0, 0.05) is 19.6 Å². The van der Waals surface area contributed by atoms with Crippen molar-refractivity contribution in [1.29, 1.82) is 0 Å². The molecule has 0 aliphatic carbocycles. The van der Waals surface area contributed by atoms with Crippen molar-refractivity contribution >= 4 is 10.0 Å². The Morgan fingerprint density at radius 3 is 2.81 bits per heavy atom. The standard InChI is InChI=1S/C15H23FN2O2S/c1-3-7-17-10-13-4-5-14(16)15(9-13)21(19,20)18-8-6-12(2)11-18/h4-5,9,12,17H,3,6-8,10-11H2,1-2H3. The van der Waals surface area contributed by atoms with Gasteiger partial charge in [-0.3, -0.25) is 0 Å².